The summed E-state index contributed by atoms with van der Waals surface area (Å²) in [5.74, 6) is 0.542. The number of rotatable bonds is 4. The van der Waals surface area contributed by atoms with Crippen LogP contribution in [-0.2, 0) is 6.42 Å². The van der Waals surface area contributed by atoms with Gasteiger partial charge in [-0.3, -0.25) is 5.41 Å². The molecule has 0 aliphatic carbocycles. The van der Waals surface area contributed by atoms with E-state index in [0.29, 0.717) is 0 Å². The van der Waals surface area contributed by atoms with Gasteiger partial charge in [-0.05, 0) is 19.4 Å². The molecule has 23 heavy (non-hydrogen) atoms. The molecule has 1 aromatic carbocycles. The van der Waals surface area contributed by atoms with Gasteiger partial charge < -0.3 is 15.2 Å². The van der Waals surface area contributed by atoms with E-state index in [-0.39, 0.29) is 5.96 Å². The second kappa shape index (κ2) is 5.96. The van der Waals surface area contributed by atoms with E-state index in [1.165, 1.54) is 0 Å². The first-order valence-corrected chi connectivity index (χ1v) is 7.31. The number of hydrazone groups is 1. The zero-order valence-corrected chi connectivity index (χ0v) is 13.0. The minimum Gasteiger partial charge on any atom is -0.369 e. The molecule has 2 heterocycles. The van der Waals surface area contributed by atoms with Gasteiger partial charge in [0.1, 0.15) is 5.76 Å². The predicted molar refractivity (Wildman–Crippen MR) is 90.6 cm³/mol. The molecule has 0 atom stereocenters. The number of aryl methyl sites for hydroxylation is 2. The number of aromatic nitrogens is 2. The van der Waals surface area contributed by atoms with Gasteiger partial charge in [0, 0.05) is 16.5 Å². The van der Waals surface area contributed by atoms with Crippen LogP contribution in [0.3, 0.4) is 0 Å². The Labute approximate surface area is 133 Å². The Morgan fingerprint density at radius 2 is 2.26 bits per heavy atom. The first kappa shape index (κ1) is 14.8. The highest BCUT2D eigenvalue weighted by Gasteiger charge is 2.19. The Hall–Kier alpha value is -3.09. The quantitative estimate of drug-likeness (QED) is 0.336. The molecule has 0 saturated heterocycles. The van der Waals surface area contributed by atoms with Crippen LogP contribution in [0, 0.1) is 12.3 Å². The number of hydrogen-bond acceptors (Lipinski definition) is 4. The third-order valence-electron chi connectivity index (χ3n) is 3.64. The SMILES string of the molecule is CCc1noc(C)c1-c1[nH]c2ccccc2c1C=NNC(=N)N. The van der Waals surface area contributed by atoms with Crippen molar-refractivity contribution in [3.63, 3.8) is 0 Å². The number of benzene rings is 1. The molecular weight excluding hydrogens is 292 g/mol. The minimum atomic E-state index is -0.210. The summed E-state index contributed by atoms with van der Waals surface area (Å²) in [6.45, 7) is 3.93. The van der Waals surface area contributed by atoms with Crippen LogP contribution in [0.4, 0.5) is 0 Å². The van der Waals surface area contributed by atoms with E-state index < -0.39 is 0 Å². The van der Waals surface area contributed by atoms with Crippen molar-refractivity contribution in [2.75, 3.05) is 0 Å². The molecule has 5 N–H and O–H groups in total. The summed E-state index contributed by atoms with van der Waals surface area (Å²) in [6.07, 6.45) is 2.42. The van der Waals surface area contributed by atoms with E-state index in [2.05, 4.69) is 20.7 Å². The van der Waals surface area contributed by atoms with Crippen molar-refractivity contribution in [2.24, 2.45) is 10.8 Å². The lowest BCUT2D eigenvalue weighted by Crippen LogP contribution is -2.25. The molecule has 0 aliphatic rings. The van der Waals surface area contributed by atoms with E-state index in [9.17, 15) is 0 Å². The Morgan fingerprint density at radius 1 is 1.48 bits per heavy atom. The molecule has 0 fully saturated rings. The van der Waals surface area contributed by atoms with Crippen molar-refractivity contribution >= 4 is 23.1 Å². The lowest BCUT2D eigenvalue weighted by atomic mass is 10.0. The zero-order chi connectivity index (χ0) is 16.4. The van der Waals surface area contributed by atoms with Crippen LogP contribution in [0.15, 0.2) is 33.9 Å². The van der Waals surface area contributed by atoms with Crippen LogP contribution in [0.2, 0.25) is 0 Å². The maximum Gasteiger partial charge on any atom is 0.206 e. The van der Waals surface area contributed by atoms with Gasteiger partial charge in [0.15, 0.2) is 0 Å². The molecule has 7 heteroatoms. The van der Waals surface area contributed by atoms with Crippen LogP contribution in [0.25, 0.3) is 22.2 Å². The Kier molecular flexibility index (Phi) is 3.84. The van der Waals surface area contributed by atoms with Gasteiger partial charge >= 0.3 is 0 Å². The van der Waals surface area contributed by atoms with Gasteiger partial charge in [-0.25, -0.2) is 5.43 Å². The summed E-state index contributed by atoms with van der Waals surface area (Å²) in [7, 11) is 0. The van der Waals surface area contributed by atoms with Crippen LogP contribution in [-0.4, -0.2) is 22.3 Å². The summed E-state index contributed by atoms with van der Waals surface area (Å²) in [6, 6.07) is 7.96. The number of nitrogens with one attached hydrogen (secondary N) is 3. The van der Waals surface area contributed by atoms with Gasteiger partial charge in [0.2, 0.25) is 5.96 Å². The van der Waals surface area contributed by atoms with Crippen LogP contribution >= 0.6 is 0 Å². The number of nitrogens with zero attached hydrogens (tertiary/aromatic N) is 2. The topological polar surface area (TPSA) is 116 Å². The van der Waals surface area contributed by atoms with Crippen molar-refractivity contribution in [1.29, 1.82) is 5.41 Å². The smallest absolute Gasteiger partial charge is 0.206 e. The first-order valence-electron chi connectivity index (χ1n) is 7.31. The van der Waals surface area contributed by atoms with Crippen LogP contribution in [0.1, 0.15) is 23.9 Å². The Morgan fingerprint density at radius 3 is 3.00 bits per heavy atom. The van der Waals surface area contributed by atoms with E-state index in [1.807, 2.05) is 38.1 Å². The monoisotopic (exact) mass is 310 g/mol. The first-order chi connectivity index (χ1) is 11.1. The molecule has 7 nitrogen and oxygen atoms in total. The van der Waals surface area contributed by atoms with Crippen molar-refractivity contribution < 1.29 is 4.52 Å². The van der Waals surface area contributed by atoms with Crippen LogP contribution < -0.4 is 11.2 Å². The summed E-state index contributed by atoms with van der Waals surface area (Å²) < 4.78 is 5.35. The lowest BCUT2D eigenvalue weighted by molar-refractivity contribution is 0.391. The number of H-pyrrole nitrogens is 1. The normalized spacial score (nSPS) is 11.4. The molecule has 2 aromatic heterocycles. The zero-order valence-electron chi connectivity index (χ0n) is 13.0. The van der Waals surface area contributed by atoms with Crippen molar-refractivity contribution in [1.82, 2.24) is 15.6 Å². The van der Waals surface area contributed by atoms with Gasteiger partial charge in [-0.15, -0.1) is 0 Å². The highest BCUT2D eigenvalue weighted by atomic mass is 16.5. The average molecular weight is 310 g/mol. The molecule has 0 saturated carbocycles. The summed E-state index contributed by atoms with van der Waals surface area (Å²) in [5.41, 5.74) is 12.4. The molecule has 0 radical (unpaired) electrons. The fraction of sp³-hybridized carbons (Fsp3) is 0.188. The predicted octanol–water partition coefficient (Wildman–Crippen LogP) is 2.51. The molecular formula is C16H18N6O. The summed E-state index contributed by atoms with van der Waals surface area (Å²) >= 11 is 0. The van der Waals surface area contributed by atoms with Crippen molar-refractivity contribution in [3.05, 3.63) is 41.3 Å². The number of guanidine groups is 1. The Balaban J connectivity index is 2.21. The lowest BCUT2D eigenvalue weighted by Gasteiger charge is -2.01. The number of nitrogens with two attached hydrogens (primary N) is 1. The highest BCUT2D eigenvalue weighted by molar-refractivity contribution is 6.06. The van der Waals surface area contributed by atoms with Gasteiger partial charge in [-0.1, -0.05) is 30.3 Å². The molecule has 118 valence electrons. The Bertz CT molecular complexity index is 889. The van der Waals surface area contributed by atoms with Crippen molar-refractivity contribution in [2.45, 2.75) is 20.3 Å². The number of fused-ring (bicyclic) bond motifs is 1. The molecule has 3 aromatic rings. The van der Waals surface area contributed by atoms with Gasteiger partial charge in [0.05, 0.1) is 23.2 Å². The standard InChI is InChI=1S/C16H18N6O/c1-3-12-14(9(2)23-22-12)15-11(8-19-21-16(17)18)10-6-4-5-7-13(10)20-15/h4-8,20H,3H2,1-2H3,(H4,17,18,21). The van der Waals surface area contributed by atoms with Gasteiger partial charge in [0.25, 0.3) is 0 Å². The molecule has 0 spiro atoms. The second-order valence-corrected chi connectivity index (χ2v) is 5.16. The largest absolute Gasteiger partial charge is 0.369 e. The van der Waals surface area contributed by atoms with Gasteiger partial charge in [-0.2, -0.15) is 5.10 Å². The number of para-hydroxylation sites is 1. The fourth-order valence-electron chi connectivity index (χ4n) is 2.64. The van der Waals surface area contributed by atoms with E-state index in [0.717, 1.165) is 45.6 Å². The fourth-order valence-corrected chi connectivity index (χ4v) is 2.64. The molecule has 0 unspecified atom stereocenters. The minimum absolute atomic E-state index is 0.210. The molecule has 0 bridgehead atoms. The average Bonchev–Trinajstić information content (AvgIpc) is 3.07. The van der Waals surface area contributed by atoms with E-state index in [4.69, 9.17) is 15.7 Å². The maximum atomic E-state index is 7.20. The van der Waals surface area contributed by atoms with E-state index in [1.54, 1.807) is 6.21 Å². The third-order valence-corrected chi connectivity index (χ3v) is 3.64. The molecule has 0 aliphatic heterocycles. The van der Waals surface area contributed by atoms with Crippen molar-refractivity contribution in [3.8, 4) is 11.3 Å². The van der Waals surface area contributed by atoms with Crippen LogP contribution in [0.5, 0.6) is 0 Å². The third kappa shape index (κ3) is 2.68. The summed E-state index contributed by atoms with van der Waals surface area (Å²) in [5, 5.41) is 16.4. The molecule has 3 rings (SSSR count). The number of hydrogen-bond donors (Lipinski definition) is 4. The van der Waals surface area contributed by atoms with E-state index >= 15 is 0 Å². The number of aromatic amines is 1. The maximum absolute atomic E-state index is 7.20. The molecule has 0 amide bonds. The highest BCUT2D eigenvalue weighted by Crippen LogP contribution is 2.33. The summed E-state index contributed by atoms with van der Waals surface area (Å²) in [4.78, 5) is 3.42. The second-order valence-electron chi connectivity index (χ2n) is 5.16.